The van der Waals surface area contributed by atoms with Crippen LogP contribution in [0.4, 0.5) is 0 Å². The van der Waals surface area contributed by atoms with Gasteiger partial charge in [0.15, 0.2) is 0 Å². The first-order valence-electron chi connectivity index (χ1n) is 6.45. The van der Waals surface area contributed by atoms with Crippen molar-refractivity contribution in [1.82, 2.24) is 10.3 Å². The summed E-state index contributed by atoms with van der Waals surface area (Å²) < 4.78 is 0. The van der Waals surface area contributed by atoms with E-state index in [0.29, 0.717) is 18.0 Å². The zero-order valence-electron chi connectivity index (χ0n) is 11.2. The number of thiophene rings is 1. The number of pyridine rings is 1. The van der Waals surface area contributed by atoms with Crippen molar-refractivity contribution < 1.29 is 4.79 Å². The first-order chi connectivity index (χ1) is 9.16. The summed E-state index contributed by atoms with van der Waals surface area (Å²) in [5.74, 6) is 0.570. The van der Waals surface area contributed by atoms with Gasteiger partial charge in [0.25, 0.3) is 5.91 Å². The highest BCUT2D eigenvalue weighted by atomic mass is 32.1. The molecule has 0 atom stereocenters. The summed E-state index contributed by atoms with van der Waals surface area (Å²) in [6.07, 6.45) is 2.68. The molecule has 19 heavy (non-hydrogen) atoms. The molecule has 0 aliphatic carbocycles. The van der Waals surface area contributed by atoms with Crippen LogP contribution in [0.1, 0.15) is 30.6 Å². The highest BCUT2D eigenvalue weighted by Gasteiger charge is 2.08. The van der Waals surface area contributed by atoms with E-state index < -0.39 is 0 Å². The SMILES string of the molecule is CC(C)CCNC(=O)c1ccnc(-c2cccs2)c1. The van der Waals surface area contributed by atoms with Gasteiger partial charge in [0, 0.05) is 18.3 Å². The molecule has 0 bridgehead atoms. The summed E-state index contributed by atoms with van der Waals surface area (Å²) in [6.45, 7) is 5.01. The average molecular weight is 274 g/mol. The smallest absolute Gasteiger partial charge is 0.251 e. The van der Waals surface area contributed by atoms with E-state index in [1.165, 1.54) is 0 Å². The molecule has 2 heterocycles. The maximum absolute atomic E-state index is 12.0. The van der Waals surface area contributed by atoms with Crippen molar-refractivity contribution in [3.8, 4) is 10.6 Å². The summed E-state index contributed by atoms with van der Waals surface area (Å²) >= 11 is 1.62. The second-order valence-electron chi connectivity index (χ2n) is 4.85. The molecule has 2 rings (SSSR count). The molecule has 1 amide bonds. The standard InChI is InChI=1S/C15H18N2OS/c1-11(2)5-7-17-15(18)12-6-8-16-13(10-12)14-4-3-9-19-14/h3-4,6,8-11H,5,7H2,1-2H3,(H,17,18). The second kappa shape index (κ2) is 6.48. The zero-order chi connectivity index (χ0) is 13.7. The molecule has 0 saturated carbocycles. The fourth-order valence-electron chi connectivity index (χ4n) is 1.71. The normalized spacial score (nSPS) is 10.7. The molecule has 100 valence electrons. The van der Waals surface area contributed by atoms with Gasteiger partial charge in [0.1, 0.15) is 0 Å². The van der Waals surface area contributed by atoms with Gasteiger partial charge in [-0.05, 0) is 35.9 Å². The number of carbonyl (C=O) groups is 1. The third-order valence-corrected chi connectivity index (χ3v) is 3.70. The highest BCUT2D eigenvalue weighted by Crippen LogP contribution is 2.22. The summed E-state index contributed by atoms with van der Waals surface area (Å²) in [6, 6.07) is 7.59. The zero-order valence-corrected chi connectivity index (χ0v) is 12.0. The summed E-state index contributed by atoms with van der Waals surface area (Å²) in [5, 5.41) is 4.95. The molecule has 3 nitrogen and oxygen atoms in total. The van der Waals surface area contributed by atoms with E-state index in [4.69, 9.17) is 0 Å². The van der Waals surface area contributed by atoms with Crippen molar-refractivity contribution >= 4 is 17.2 Å². The van der Waals surface area contributed by atoms with Crippen LogP contribution >= 0.6 is 11.3 Å². The summed E-state index contributed by atoms with van der Waals surface area (Å²) in [4.78, 5) is 17.4. The Morgan fingerprint density at radius 3 is 2.95 bits per heavy atom. The van der Waals surface area contributed by atoms with Crippen LogP contribution in [0, 0.1) is 5.92 Å². The van der Waals surface area contributed by atoms with Gasteiger partial charge in [-0.3, -0.25) is 9.78 Å². The lowest BCUT2D eigenvalue weighted by Crippen LogP contribution is -2.25. The third-order valence-electron chi connectivity index (χ3n) is 2.80. The van der Waals surface area contributed by atoms with Crippen LogP contribution < -0.4 is 5.32 Å². The monoisotopic (exact) mass is 274 g/mol. The van der Waals surface area contributed by atoms with Gasteiger partial charge in [0.05, 0.1) is 10.6 Å². The van der Waals surface area contributed by atoms with Crippen LogP contribution in [0.5, 0.6) is 0 Å². The van der Waals surface area contributed by atoms with Gasteiger partial charge < -0.3 is 5.32 Å². The van der Waals surface area contributed by atoms with E-state index in [1.807, 2.05) is 23.6 Å². The second-order valence-corrected chi connectivity index (χ2v) is 5.79. The van der Waals surface area contributed by atoms with E-state index in [2.05, 4.69) is 24.1 Å². The lowest BCUT2D eigenvalue weighted by molar-refractivity contribution is 0.0952. The number of rotatable bonds is 5. The number of hydrogen-bond donors (Lipinski definition) is 1. The fraction of sp³-hybridized carbons (Fsp3) is 0.333. The molecule has 0 spiro atoms. The molecular formula is C15H18N2OS. The lowest BCUT2D eigenvalue weighted by Gasteiger charge is -2.07. The highest BCUT2D eigenvalue weighted by molar-refractivity contribution is 7.13. The van der Waals surface area contributed by atoms with Gasteiger partial charge in [-0.1, -0.05) is 19.9 Å². The van der Waals surface area contributed by atoms with Crippen LogP contribution in [-0.4, -0.2) is 17.4 Å². The molecule has 2 aromatic rings. The van der Waals surface area contributed by atoms with Crippen LogP contribution in [-0.2, 0) is 0 Å². The maximum Gasteiger partial charge on any atom is 0.251 e. The predicted octanol–water partition coefficient (Wildman–Crippen LogP) is 3.59. The van der Waals surface area contributed by atoms with Crippen molar-refractivity contribution in [1.29, 1.82) is 0 Å². The molecular weight excluding hydrogens is 256 g/mol. The maximum atomic E-state index is 12.0. The van der Waals surface area contributed by atoms with Gasteiger partial charge in [-0.25, -0.2) is 0 Å². The van der Waals surface area contributed by atoms with Crippen molar-refractivity contribution in [2.45, 2.75) is 20.3 Å². The molecule has 2 aromatic heterocycles. The van der Waals surface area contributed by atoms with Crippen LogP contribution in [0.2, 0.25) is 0 Å². The van der Waals surface area contributed by atoms with Gasteiger partial charge in [-0.2, -0.15) is 0 Å². The average Bonchev–Trinajstić information content (AvgIpc) is 2.92. The Balaban J connectivity index is 2.04. The quantitative estimate of drug-likeness (QED) is 0.905. The molecule has 1 N–H and O–H groups in total. The first-order valence-corrected chi connectivity index (χ1v) is 7.33. The molecule has 0 unspecified atom stereocenters. The molecule has 4 heteroatoms. The molecule has 0 aromatic carbocycles. The van der Waals surface area contributed by atoms with E-state index in [0.717, 1.165) is 17.0 Å². The molecule has 0 aliphatic heterocycles. The van der Waals surface area contributed by atoms with E-state index >= 15 is 0 Å². The summed E-state index contributed by atoms with van der Waals surface area (Å²) in [7, 11) is 0. The minimum Gasteiger partial charge on any atom is -0.352 e. The Bertz CT molecular complexity index is 535. The van der Waals surface area contributed by atoms with E-state index in [1.54, 1.807) is 23.6 Å². The number of nitrogens with zero attached hydrogens (tertiary/aromatic N) is 1. The Morgan fingerprint density at radius 2 is 2.26 bits per heavy atom. The number of hydrogen-bond acceptors (Lipinski definition) is 3. The van der Waals surface area contributed by atoms with Crippen molar-refractivity contribution in [3.05, 3.63) is 41.4 Å². The molecule has 0 aliphatic rings. The number of nitrogens with one attached hydrogen (secondary N) is 1. The fourth-order valence-corrected chi connectivity index (χ4v) is 2.40. The molecule has 0 saturated heterocycles. The Morgan fingerprint density at radius 1 is 1.42 bits per heavy atom. The Hall–Kier alpha value is -1.68. The number of amides is 1. The lowest BCUT2D eigenvalue weighted by atomic mass is 10.1. The van der Waals surface area contributed by atoms with E-state index in [-0.39, 0.29) is 5.91 Å². The third kappa shape index (κ3) is 3.89. The largest absolute Gasteiger partial charge is 0.352 e. The van der Waals surface area contributed by atoms with Gasteiger partial charge in [0.2, 0.25) is 0 Å². The van der Waals surface area contributed by atoms with E-state index in [9.17, 15) is 4.79 Å². The number of aromatic nitrogens is 1. The number of carbonyl (C=O) groups excluding carboxylic acids is 1. The van der Waals surface area contributed by atoms with Crippen molar-refractivity contribution in [3.63, 3.8) is 0 Å². The van der Waals surface area contributed by atoms with Gasteiger partial charge in [-0.15, -0.1) is 11.3 Å². The summed E-state index contributed by atoms with van der Waals surface area (Å²) in [5.41, 5.74) is 1.52. The topological polar surface area (TPSA) is 42.0 Å². The Labute approximate surface area is 117 Å². The van der Waals surface area contributed by atoms with Crippen LogP contribution in [0.3, 0.4) is 0 Å². The minimum absolute atomic E-state index is 0.0270. The van der Waals surface area contributed by atoms with Crippen molar-refractivity contribution in [2.75, 3.05) is 6.54 Å². The van der Waals surface area contributed by atoms with Gasteiger partial charge >= 0.3 is 0 Å². The van der Waals surface area contributed by atoms with Crippen LogP contribution in [0.25, 0.3) is 10.6 Å². The predicted molar refractivity (Wildman–Crippen MR) is 79.3 cm³/mol. The minimum atomic E-state index is -0.0270. The van der Waals surface area contributed by atoms with Crippen molar-refractivity contribution in [2.24, 2.45) is 5.92 Å². The first kappa shape index (κ1) is 13.7. The molecule has 0 fully saturated rings. The van der Waals surface area contributed by atoms with Crippen LogP contribution in [0.15, 0.2) is 35.8 Å². The molecule has 0 radical (unpaired) electrons. The Kier molecular flexibility index (Phi) is 4.68.